The van der Waals surface area contributed by atoms with Crippen LogP contribution in [-0.4, -0.2) is 15.9 Å². The number of aromatic amines is 1. The van der Waals surface area contributed by atoms with Gasteiger partial charge in [0.2, 0.25) is 0 Å². The lowest BCUT2D eigenvalue weighted by Gasteiger charge is -2.04. The number of aromatic nitrogens is 2. The smallest absolute Gasteiger partial charge is 0.256 e. The van der Waals surface area contributed by atoms with Crippen molar-refractivity contribution in [3.8, 4) is 11.1 Å². The van der Waals surface area contributed by atoms with E-state index < -0.39 is 0 Å². The van der Waals surface area contributed by atoms with Crippen LogP contribution >= 0.6 is 15.9 Å². The zero-order valence-electron chi connectivity index (χ0n) is 12.9. The average Bonchev–Trinajstić information content (AvgIpc) is 3.07. The van der Waals surface area contributed by atoms with Crippen molar-refractivity contribution in [2.24, 2.45) is 0 Å². The first-order valence-electron chi connectivity index (χ1n) is 7.55. The summed E-state index contributed by atoms with van der Waals surface area (Å²) in [5, 5.41) is 2.95. The van der Waals surface area contributed by atoms with Gasteiger partial charge in [-0.1, -0.05) is 18.2 Å². The molecule has 0 saturated carbocycles. The van der Waals surface area contributed by atoms with Gasteiger partial charge in [-0.25, -0.2) is 0 Å². The second kappa shape index (κ2) is 5.76. The molecule has 1 aliphatic heterocycles. The van der Waals surface area contributed by atoms with Gasteiger partial charge in [0, 0.05) is 39.4 Å². The van der Waals surface area contributed by atoms with E-state index in [9.17, 15) is 4.79 Å². The number of carbonyl (C=O) groups is 1. The molecule has 0 atom stereocenters. The van der Waals surface area contributed by atoms with Crippen LogP contribution in [0.15, 0.2) is 53.3 Å². The Morgan fingerprint density at radius 1 is 1.17 bits per heavy atom. The number of carbonyl (C=O) groups excluding carboxylic acids is 1. The summed E-state index contributed by atoms with van der Waals surface area (Å²) >= 11 is 3.51. The van der Waals surface area contributed by atoms with E-state index in [0.717, 1.165) is 38.2 Å². The molecule has 5 heteroatoms. The predicted molar refractivity (Wildman–Crippen MR) is 99.4 cm³/mol. The van der Waals surface area contributed by atoms with Crippen molar-refractivity contribution < 1.29 is 4.79 Å². The van der Waals surface area contributed by atoms with Gasteiger partial charge >= 0.3 is 0 Å². The van der Waals surface area contributed by atoms with Crippen LogP contribution in [0.3, 0.4) is 0 Å². The number of rotatable bonds is 2. The van der Waals surface area contributed by atoms with E-state index in [1.54, 1.807) is 6.20 Å². The van der Waals surface area contributed by atoms with Crippen LogP contribution in [0.4, 0.5) is 5.69 Å². The molecule has 0 fully saturated rings. The first-order chi connectivity index (χ1) is 11.6. The first kappa shape index (κ1) is 14.9. The van der Waals surface area contributed by atoms with Gasteiger partial charge in [-0.2, -0.15) is 0 Å². The van der Waals surface area contributed by atoms with Gasteiger partial charge in [0.1, 0.15) is 0 Å². The van der Waals surface area contributed by atoms with Crippen molar-refractivity contribution in [1.29, 1.82) is 0 Å². The minimum Gasteiger partial charge on any atom is -0.358 e. The SMILES string of the molecule is Cc1cc(Br)c(C=C2C(=O)Nc3cc(-c4cccnc4)ccc32)[nH]1. The Morgan fingerprint density at radius 3 is 2.75 bits per heavy atom. The summed E-state index contributed by atoms with van der Waals surface area (Å²) in [7, 11) is 0. The van der Waals surface area contributed by atoms with Gasteiger partial charge < -0.3 is 10.3 Å². The fraction of sp³-hybridized carbons (Fsp3) is 0.0526. The summed E-state index contributed by atoms with van der Waals surface area (Å²) in [5.74, 6) is -0.0903. The van der Waals surface area contributed by atoms with E-state index >= 15 is 0 Å². The summed E-state index contributed by atoms with van der Waals surface area (Å²) < 4.78 is 0.945. The highest BCUT2D eigenvalue weighted by molar-refractivity contribution is 9.10. The topological polar surface area (TPSA) is 57.8 Å². The molecule has 2 aromatic heterocycles. The van der Waals surface area contributed by atoms with Crippen molar-refractivity contribution in [2.45, 2.75) is 6.92 Å². The van der Waals surface area contributed by atoms with Crippen LogP contribution in [0, 0.1) is 6.92 Å². The maximum absolute atomic E-state index is 12.4. The second-order valence-corrected chi connectivity index (χ2v) is 6.58. The number of nitrogens with one attached hydrogen (secondary N) is 2. The van der Waals surface area contributed by atoms with Crippen LogP contribution in [-0.2, 0) is 4.79 Å². The minimum atomic E-state index is -0.0903. The van der Waals surface area contributed by atoms with Crippen LogP contribution in [0.1, 0.15) is 17.0 Å². The molecule has 0 unspecified atom stereocenters. The highest BCUT2D eigenvalue weighted by atomic mass is 79.9. The molecule has 24 heavy (non-hydrogen) atoms. The third-order valence-electron chi connectivity index (χ3n) is 4.02. The summed E-state index contributed by atoms with van der Waals surface area (Å²) in [6.45, 7) is 1.98. The van der Waals surface area contributed by atoms with Gasteiger partial charge in [0.15, 0.2) is 0 Å². The van der Waals surface area contributed by atoms with Gasteiger partial charge in [-0.05, 0) is 52.7 Å². The molecule has 0 radical (unpaired) electrons. The van der Waals surface area contributed by atoms with Crippen LogP contribution in [0.25, 0.3) is 22.8 Å². The largest absolute Gasteiger partial charge is 0.358 e. The number of anilines is 1. The molecular formula is C19H14BrN3O. The van der Waals surface area contributed by atoms with E-state index in [4.69, 9.17) is 0 Å². The maximum atomic E-state index is 12.4. The predicted octanol–water partition coefficient (Wildman–Crippen LogP) is 4.64. The van der Waals surface area contributed by atoms with Gasteiger partial charge in [-0.3, -0.25) is 9.78 Å². The zero-order chi connectivity index (χ0) is 16.7. The first-order valence-corrected chi connectivity index (χ1v) is 8.34. The summed E-state index contributed by atoms with van der Waals surface area (Å²) in [5.41, 5.74) is 6.38. The lowest BCUT2D eigenvalue weighted by atomic mass is 10.0. The molecular weight excluding hydrogens is 366 g/mol. The monoisotopic (exact) mass is 379 g/mol. The van der Waals surface area contributed by atoms with Crippen molar-refractivity contribution in [3.63, 3.8) is 0 Å². The molecule has 1 aromatic carbocycles. The summed E-state index contributed by atoms with van der Waals surface area (Å²) in [4.78, 5) is 19.8. The van der Waals surface area contributed by atoms with E-state index in [2.05, 4.69) is 31.2 Å². The number of aryl methyl sites for hydroxylation is 1. The molecule has 3 heterocycles. The Kier molecular flexibility index (Phi) is 3.58. The third kappa shape index (κ3) is 2.57. The number of pyridine rings is 1. The Balaban J connectivity index is 1.77. The number of hydrogen-bond acceptors (Lipinski definition) is 2. The standard InChI is InChI=1S/C19H14BrN3O/c1-11-7-16(20)18(22-11)9-15-14-5-4-12(8-17(14)23-19(15)24)13-3-2-6-21-10-13/h2-10,22H,1H3,(H,23,24). The summed E-state index contributed by atoms with van der Waals surface area (Å²) in [6.07, 6.45) is 5.44. The number of benzene rings is 1. The molecule has 1 amide bonds. The molecule has 2 N–H and O–H groups in total. The molecule has 0 aliphatic carbocycles. The van der Waals surface area contributed by atoms with Crippen LogP contribution in [0.5, 0.6) is 0 Å². The zero-order valence-corrected chi connectivity index (χ0v) is 14.5. The second-order valence-electron chi connectivity index (χ2n) is 5.73. The normalized spacial score (nSPS) is 14.8. The number of fused-ring (bicyclic) bond motifs is 1. The number of H-pyrrole nitrogens is 1. The Morgan fingerprint density at radius 2 is 2.04 bits per heavy atom. The number of halogens is 1. The molecule has 1 aliphatic rings. The Labute approximate surface area is 147 Å². The quantitative estimate of drug-likeness (QED) is 0.637. The lowest BCUT2D eigenvalue weighted by molar-refractivity contribution is -0.110. The molecule has 4 rings (SSSR count). The third-order valence-corrected chi connectivity index (χ3v) is 4.67. The van der Waals surface area contributed by atoms with Gasteiger partial charge in [-0.15, -0.1) is 0 Å². The molecule has 3 aromatic rings. The van der Waals surface area contributed by atoms with Gasteiger partial charge in [0.25, 0.3) is 5.91 Å². The van der Waals surface area contributed by atoms with E-state index in [0.29, 0.717) is 5.57 Å². The highest BCUT2D eigenvalue weighted by Gasteiger charge is 2.25. The highest BCUT2D eigenvalue weighted by Crippen LogP contribution is 2.36. The fourth-order valence-corrected chi connectivity index (χ4v) is 3.43. The van der Waals surface area contributed by atoms with Crippen molar-refractivity contribution in [3.05, 3.63) is 70.2 Å². The Bertz CT molecular complexity index is 974. The van der Waals surface area contributed by atoms with Gasteiger partial charge in [0.05, 0.1) is 11.3 Å². The number of nitrogens with zero attached hydrogens (tertiary/aromatic N) is 1. The average molecular weight is 380 g/mol. The van der Waals surface area contributed by atoms with Crippen LogP contribution in [0.2, 0.25) is 0 Å². The molecule has 0 spiro atoms. The minimum absolute atomic E-state index is 0.0903. The maximum Gasteiger partial charge on any atom is 0.256 e. The molecule has 118 valence electrons. The van der Waals surface area contributed by atoms with Crippen LogP contribution < -0.4 is 5.32 Å². The van der Waals surface area contributed by atoms with E-state index in [1.807, 2.05) is 55.6 Å². The molecule has 4 nitrogen and oxygen atoms in total. The van der Waals surface area contributed by atoms with E-state index in [1.165, 1.54) is 0 Å². The van der Waals surface area contributed by atoms with E-state index in [-0.39, 0.29) is 5.91 Å². The molecule has 0 saturated heterocycles. The molecule has 0 bridgehead atoms. The van der Waals surface area contributed by atoms with Crippen molar-refractivity contribution in [2.75, 3.05) is 5.32 Å². The number of amides is 1. The lowest BCUT2D eigenvalue weighted by Crippen LogP contribution is -2.03. The Hall–Kier alpha value is -2.66. The fourth-order valence-electron chi connectivity index (χ4n) is 2.88. The summed E-state index contributed by atoms with van der Waals surface area (Å²) in [6, 6.07) is 11.9. The van der Waals surface area contributed by atoms with Crippen molar-refractivity contribution in [1.82, 2.24) is 9.97 Å². The van der Waals surface area contributed by atoms with Crippen molar-refractivity contribution >= 4 is 39.2 Å². The number of hydrogen-bond donors (Lipinski definition) is 2.